The Hall–Kier alpha value is -2.64. The molecule has 1 aromatic rings. The summed E-state index contributed by atoms with van der Waals surface area (Å²) in [5, 5.41) is 11.4. The van der Waals surface area contributed by atoms with Gasteiger partial charge < -0.3 is 21.1 Å². The highest BCUT2D eigenvalue weighted by atomic mass is 16.4. The fraction of sp³-hybridized carbons (Fsp3) is 0.333. The number of urea groups is 1. The largest absolute Gasteiger partial charge is 0.476 e. The molecule has 1 aliphatic heterocycles. The molecule has 1 fully saturated rings. The van der Waals surface area contributed by atoms with E-state index in [1.165, 1.54) is 23.2 Å². The van der Waals surface area contributed by atoms with Gasteiger partial charge in [-0.1, -0.05) is 0 Å². The zero-order valence-corrected chi connectivity index (χ0v) is 10.6. The molecule has 1 aliphatic rings. The molecule has 0 aliphatic carbocycles. The number of carbonyl (C=O) groups is 3. The Bertz CT molecular complexity index is 560. The molecule has 0 bridgehead atoms. The van der Waals surface area contributed by atoms with Crippen molar-refractivity contribution < 1.29 is 19.5 Å². The molecule has 2 rings (SSSR count). The minimum atomic E-state index is -1.24. The Morgan fingerprint density at radius 2 is 2.20 bits per heavy atom. The highest BCUT2D eigenvalue weighted by molar-refractivity contribution is 5.99. The van der Waals surface area contributed by atoms with E-state index >= 15 is 0 Å². The van der Waals surface area contributed by atoms with Crippen LogP contribution in [0.25, 0.3) is 0 Å². The number of pyridine rings is 1. The standard InChI is InChI=1S/C12H14N4O4/c13-10(17)8-4-2-6-16(8)12(20)15-7-3-1-5-14-9(7)11(18)19/h1,3,5,8H,2,4,6H2,(H2,13,17)(H,15,20)(H,18,19). The summed E-state index contributed by atoms with van der Waals surface area (Å²) in [6.45, 7) is 0.405. The Kier molecular flexibility index (Phi) is 3.83. The molecular weight excluding hydrogens is 264 g/mol. The highest BCUT2D eigenvalue weighted by Gasteiger charge is 2.33. The van der Waals surface area contributed by atoms with Gasteiger partial charge in [-0.25, -0.2) is 14.6 Å². The molecule has 1 unspecified atom stereocenters. The Balaban J connectivity index is 2.16. The van der Waals surface area contributed by atoms with E-state index < -0.39 is 23.9 Å². The van der Waals surface area contributed by atoms with Gasteiger partial charge in [-0.05, 0) is 25.0 Å². The second-order valence-electron chi connectivity index (χ2n) is 4.39. The Morgan fingerprint density at radius 1 is 1.45 bits per heavy atom. The molecule has 0 radical (unpaired) electrons. The Labute approximate surface area is 114 Å². The van der Waals surface area contributed by atoms with E-state index in [0.717, 1.165) is 0 Å². The highest BCUT2D eigenvalue weighted by Crippen LogP contribution is 2.19. The van der Waals surface area contributed by atoms with Crippen molar-refractivity contribution >= 4 is 23.6 Å². The number of carbonyl (C=O) groups excluding carboxylic acids is 2. The summed E-state index contributed by atoms with van der Waals surface area (Å²) in [5.74, 6) is -1.81. The zero-order valence-electron chi connectivity index (χ0n) is 10.6. The molecule has 8 heteroatoms. The number of nitrogens with one attached hydrogen (secondary N) is 1. The van der Waals surface area contributed by atoms with E-state index in [4.69, 9.17) is 10.8 Å². The number of amides is 3. The maximum atomic E-state index is 12.1. The van der Waals surface area contributed by atoms with Crippen LogP contribution in [0, 0.1) is 0 Å². The zero-order chi connectivity index (χ0) is 14.7. The fourth-order valence-corrected chi connectivity index (χ4v) is 2.17. The number of anilines is 1. The molecule has 1 atom stereocenters. The van der Waals surface area contributed by atoms with Gasteiger partial charge in [-0.3, -0.25) is 4.79 Å². The lowest BCUT2D eigenvalue weighted by atomic mass is 10.2. The minimum absolute atomic E-state index is 0.0834. The number of nitrogens with two attached hydrogens (primary N) is 1. The van der Waals surface area contributed by atoms with Crippen molar-refractivity contribution in [2.24, 2.45) is 5.73 Å². The average Bonchev–Trinajstić information content (AvgIpc) is 2.88. The summed E-state index contributed by atoms with van der Waals surface area (Å²) in [7, 11) is 0. The summed E-state index contributed by atoms with van der Waals surface area (Å²) < 4.78 is 0. The van der Waals surface area contributed by atoms with E-state index in [1.807, 2.05) is 0 Å². The second-order valence-corrected chi connectivity index (χ2v) is 4.39. The topological polar surface area (TPSA) is 126 Å². The third kappa shape index (κ3) is 2.68. The molecule has 8 nitrogen and oxygen atoms in total. The van der Waals surface area contributed by atoms with Gasteiger partial charge in [0.05, 0.1) is 5.69 Å². The Morgan fingerprint density at radius 3 is 2.85 bits per heavy atom. The SMILES string of the molecule is NC(=O)C1CCCN1C(=O)Nc1cccnc1C(=O)O. The third-order valence-corrected chi connectivity index (χ3v) is 3.09. The molecule has 0 spiro atoms. The lowest BCUT2D eigenvalue weighted by Gasteiger charge is -2.22. The van der Waals surface area contributed by atoms with Crippen molar-refractivity contribution in [1.29, 1.82) is 0 Å². The molecule has 2 heterocycles. The van der Waals surface area contributed by atoms with Crippen molar-refractivity contribution in [3.63, 3.8) is 0 Å². The lowest BCUT2D eigenvalue weighted by molar-refractivity contribution is -0.121. The quantitative estimate of drug-likeness (QED) is 0.731. The first kappa shape index (κ1) is 13.8. The van der Waals surface area contributed by atoms with Crippen LogP contribution in [-0.4, -0.2) is 45.5 Å². The van der Waals surface area contributed by atoms with Gasteiger partial charge in [-0.15, -0.1) is 0 Å². The van der Waals surface area contributed by atoms with Crippen molar-refractivity contribution in [2.45, 2.75) is 18.9 Å². The summed E-state index contributed by atoms with van der Waals surface area (Å²) in [6, 6.07) is 1.74. The number of aromatic carboxylic acids is 1. The number of nitrogens with zero attached hydrogens (tertiary/aromatic N) is 2. The van der Waals surface area contributed by atoms with Crippen LogP contribution in [0.4, 0.5) is 10.5 Å². The molecule has 20 heavy (non-hydrogen) atoms. The first-order chi connectivity index (χ1) is 9.50. The third-order valence-electron chi connectivity index (χ3n) is 3.09. The van der Waals surface area contributed by atoms with Crippen LogP contribution in [0.2, 0.25) is 0 Å². The van der Waals surface area contributed by atoms with Crippen LogP contribution in [0.1, 0.15) is 23.3 Å². The molecule has 3 amide bonds. The van der Waals surface area contributed by atoms with Gasteiger partial charge in [0.25, 0.3) is 0 Å². The van der Waals surface area contributed by atoms with Crippen molar-refractivity contribution in [1.82, 2.24) is 9.88 Å². The normalized spacial score (nSPS) is 17.8. The molecule has 1 saturated heterocycles. The first-order valence-corrected chi connectivity index (χ1v) is 6.06. The number of hydrogen-bond donors (Lipinski definition) is 3. The van der Waals surface area contributed by atoms with E-state index in [9.17, 15) is 14.4 Å². The number of rotatable bonds is 3. The summed E-state index contributed by atoms with van der Waals surface area (Å²) in [6.07, 6.45) is 2.52. The molecule has 4 N–H and O–H groups in total. The number of likely N-dealkylation sites (tertiary alicyclic amines) is 1. The van der Waals surface area contributed by atoms with Crippen LogP contribution in [0.5, 0.6) is 0 Å². The van der Waals surface area contributed by atoms with Gasteiger partial charge in [0.2, 0.25) is 5.91 Å². The monoisotopic (exact) mass is 278 g/mol. The van der Waals surface area contributed by atoms with Gasteiger partial charge >= 0.3 is 12.0 Å². The van der Waals surface area contributed by atoms with Crippen LogP contribution in [0.15, 0.2) is 18.3 Å². The van der Waals surface area contributed by atoms with Gasteiger partial charge in [0.15, 0.2) is 5.69 Å². The number of carboxylic acid groups (broad SMARTS) is 1. The number of aromatic nitrogens is 1. The van der Waals surface area contributed by atoms with Gasteiger partial charge in [0.1, 0.15) is 6.04 Å². The fourth-order valence-electron chi connectivity index (χ4n) is 2.17. The van der Waals surface area contributed by atoms with Gasteiger partial charge in [0, 0.05) is 12.7 Å². The summed E-state index contributed by atoms with van der Waals surface area (Å²) in [4.78, 5) is 39.3. The maximum absolute atomic E-state index is 12.1. The number of carboxylic acids is 1. The average molecular weight is 278 g/mol. The molecule has 0 saturated carbocycles. The predicted octanol–water partition coefficient (Wildman–Crippen LogP) is 0.261. The van der Waals surface area contributed by atoms with Gasteiger partial charge in [-0.2, -0.15) is 0 Å². The smallest absolute Gasteiger partial charge is 0.356 e. The van der Waals surface area contributed by atoms with E-state index in [1.54, 1.807) is 0 Å². The molecule has 106 valence electrons. The second kappa shape index (κ2) is 5.55. The van der Waals surface area contributed by atoms with E-state index in [2.05, 4.69) is 10.3 Å². The lowest BCUT2D eigenvalue weighted by Crippen LogP contribution is -2.45. The van der Waals surface area contributed by atoms with Crippen molar-refractivity contribution in [3.8, 4) is 0 Å². The predicted molar refractivity (Wildman–Crippen MR) is 69.1 cm³/mol. The molecule has 1 aromatic heterocycles. The van der Waals surface area contributed by atoms with Crippen LogP contribution in [-0.2, 0) is 4.79 Å². The molecule has 0 aromatic carbocycles. The van der Waals surface area contributed by atoms with E-state index in [0.29, 0.717) is 19.4 Å². The molecular formula is C12H14N4O4. The van der Waals surface area contributed by atoms with Crippen LogP contribution in [0.3, 0.4) is 0 Å². The van der Waals surface area contributed by atoms with Crippen LogP contribution < -0.4 is 11.1 Å². The van der Waals surface area contributed by atoms with E-state index in [-0.39, 0.29) is 11.4 Å². The number of hydrogen-bond acceptors (Lipinski definition) is 4. The maximum Gasteiger partial charge on any atom is 0.356 e. The first-order valence-electron chi connectivity index (χ1n) is 6.06. The summed E-state index contributed by atoms with van der Waals surface area (Å²) in [5.41, 5.74) is 5.06. The minimum Gasteiger partial charge on any atom is -0.476 e. The van der Waals surface area contributed by atoms with Crippen molar-refractivity contribution in [3.05, 3.63) is 24.0 Å². The van der Waals surface area contributed by atoms with Crippen molar-refractivity contribution in [2.75, 3.05) is 11.9 Å². The summed E-state index contributed by atoms with van der Waals surface area (Å²) >= 11 is 0. The van der Waals surface area contributed by atoms with Crippen LogP contribution >= 0.6 is 0 Å². The number of primary amides is 1.